The van der Waals surface area contributed by atoms with Gasteiger partial charge in [-0.25, -0.2) is 0 Å². The lowest BCUT2D eigenvalue weighted by Gasteiger charge is -2.34. The van der Waals surface area contributed by atoms with E-state index in [0.717, 1.165) is 5.56 Å². The Kier molecular flexibility index (Phi) is 7.28. The first kappa shape index (κ1) is 18.4. The summed E-state index contributed by atoms with van der Waals surface area (Å²) in [7, 11) is 1.33. The van der Waals surface area contributed by atoms with Gasteiger partial charge in [-0.15, -0.1) is 6.58 Å². The number of carbonyl (C=O) groups excluding carboxylic acids is 1. The molecule has 3 atom stereocenters. The van der Waals surface area contributed by atoms with Crippen LogP contribution in [-0.4, -0.2) is 30.9 Å². The summed E-state index contributed by atoms with van der Waals surface area (Å²) < 4.78 is 10.5. The summed E-state index contributed by atoms with van der Waals surface area (Å²) in [5, 5.41) is 10.5. The standard InChI is InChI=1S/C18H26O4/c1-5-11-18(3,17(20)21-4)16(19)14(2)12-22-13-15-9-7-6-8-10-15/h5-10,14,16,19H,1,11-13H2,2-4H3/t14-,16+,18+/m0/s1. The Labute approximate surface area is 132 Å². The highest BCUT2D eigenvalue weighted by Crippen LogP contribution is 2.32. The van der Waals surface area contributed by atoms with Gasteiger partial charge in [0.15, 0.2) is 0 Å². The smallest absolute Gasteiger partial charge is 0.314 e. The van der Waals surface area contributed by atoms with Crippen molar-refractivity contribution in [2.75, 3.05) is 13.7 Å². The molecular formula is C18H26O4. The molecule has 0 heterocycles. The number of esters is 1. The van der Waals surface area contributed by atoms with Gasteiger partial charge in [-0.2, -0.15) is 0 Å². The zero-order valence-electron chi connectivity index (χ0n) is 13.6. The molecule has 0 amide bonds. The summed E-state index contributed by atoms with van der Waals surface area (Å²) >= 11 is 0. The first-order chi connectivity index (χ1) is 10.5. The first-order valence-corrected chi connectivity index (χ1v) is 7.44. The molecule has 0 unspecified atom stereocenters. The van der Waals surface area contributed by atoms with E-state index in [4.69, 9.17) is 9.47 Å². The van der Waals surface area contributed by atoms with E-state index in [1.165, 1.54) is 7.11 Å². The normalized spacial score (nSPS) is 16.4. The van der Waals surface area contributed by atoms with Crippen LogP contribution in [0.5, 0.6) is 0 Å². The Morgan fingerprint density at radius 1 is 1.41 bits per heavy atom. The van der Waals surface area contributed by atoms with Gasteiger partial charge in [-0.1, -0.05) is 43.3 Å². The molecule has 0 radical (unpaired) electrons. The Bertz CT molecular complexity index is 471. The quantitative estimate of drug-likeness (QED) is 0.563. The second-order valence-corrected chi connectivity index (χ2v) is 5.82. The maximum atomic E-state index is 12.0. The highest BCUT2D eigenvalue weighted by atomic mass is 16.5. The highest BCUT2D eigenvalue weighted by Gasteiger charge is 2.43. The number of benzene rings is 1. The summed E-state index contributed by atoms with van der Waals surface area (Å²) in [6.07, 6.45) is 1.11. The van der Waals surface area contributed by atoms with Crippen LogP contribution in [0.3, 0.4) is 0 Å². The third-order valence-electron chi connectivity index (χ3n) is 3.90. The lowest BCUT2D eigenvalue weighted by atomic mass is 9.76. The van der Waals surface area contributed by atoms with Crippen molar-refractivity contribution in [2.45, 2.75) is 33.0 Å². The van der Waals surface area contributed by atoms with Crippen molar-refractivity contribution in [3.8, 4) is 0 Å². The van der Waals surface area contributed by atoms with E-state index in [1.807, 2.05) is 37.3 Å². The molecule has 0 aliphatic carbocycles. The Morgan fingerprint density at radius 2 is 2.05 bits per heavy atom. The minimum Gasteiger partial charge on any atom is -0.469 e. The molecule has 122 valence electrons. The molecule has 0 bridgehead atoms. The van der Waals surface area contributed by atoms with Crippen molar-refractivity contribution >= 4 is 5.97 Å². The summed E-state index contributed by atoms with van der Waals surface area (Å²) in [5.41, 5.74) is 0.0671. The van der Waals surface area contributed by atoms with E-state index in [9.17, 15) is 9.90 Å². The Balaban J connectivity index is 2.60. The van der Waals surface area contributed by atoms with Crippen LogP contribution in [0.1, 0.15) is 25.8 Å². The van der Waals surface area contributed by atoms with E-state index in [-0.39, 0.29) is 5.92 Å². The first-order valence-electron chi connectivity index (χ1n) is 7.44. The predicted molar refractivity (Wildman–Crippen MR) is 86.2 cm³/mol. The molecule has 0 saturated heterocycles. The number of allylic oxidation sites excluding steroid dienone is 1. The zero-order valence-corrected chi connectivity index (χ0v) is 13.6. The maximum Gasteiger partial charge on any atom is 0.314 e. The van der Waals surface area contributed by atoms with Crippen molar-refractivity contribution in [1.29, 1.82) is 0 Å². The Hall–Kier alpha value is -1.65. The van der Waals surface area contributed by atoms with E-state index in [1.54, 1.807) is 13.0 Å². The molecule has 0 aliphatic heterocycles. The van der Waals surface area contributed by atoms with Gasteiger partial charge >= 0.3 is 5.97 Å². The van der Waals surface area contributed by atoms with E-state index in [2.05, 4.69) is 6.58 Å². The number of carbonyl (C=O) groups is 1. The summed E-state index contributed by atoms with van der Waals surface area (Å²) in [6, 6.07) is 9.83. The van der Waals surface area contributed by atoms with Crippen LogP contribution in [-0.2, 0) is 20.9 Å². The number of aliphatic hydroxyl groups is 1. The second-order valence-electron chi connectivity index (χ2n) is 5.82. The van der Waals surface area contributed by atoms with Gasteiger partial charge in [0, 0.05) is 5.92 Å². The molecule has 0 aliphatic rings. The number of ether oxygens (including phenoxy) is 2. The van der Waals surface area contributed by atoms with E-state index in [0.29, 0.717) is 19.6 Å². The number of rotatable bonds is 9. The van der Waals surface area contributed by atoms with Crippen LogP contribution < -0.4 is 0 Å². The molecular weight excluding hydrogens is 280 g/mol. The van der Waals surface area contributed by atoms with Gasteiger partial charge in [0.05, 0.1) is 31.8 Å². The molecule has 4 nitrogen and oxygen atoms in total. The maximum absolute atomic E-state index is 12.0. The SMILES string of the molecule is C=CC[C@@](C)(C(=O)OC)[C@H](O)[C@@H](C)COCc1ccccc1. The number of hydrogen-bond acceptors (Lipinski definition) is 4. The van der Waals surface area contributed by atoms with Crippen LogP contribution in [0.2, 0.25) is 0 Å². The summed E-state index contributed by atoms with van der Waals surface area (Å²) in [6.45, 7) is 8.05. The molecule has 1 aromatic carbocycles. The molecule has 1 rings (SSSR count). The van der Waals surface area contributed by atoms with Crippen LogP contribution in [0.15, 0.2) is 43.0 Å². The topological polar surface area (TPSA) is 55.8 Å². The van der Waals surface area contributed by atoms with Crippen molar-refractivity contribution in [3.05, 3.63) is 48.6 Å². The van der Waals surface area contributed by atoms with Crippen molar-refractivity contribution in [2.24, 2.45) is 11.3 Å². The molecule has 0 saturated carbocycles. The molecule has 22 heavy (non-hydrogen) atoms. The molecule has 0 fully saturated rings. The van der Waals surface area contributed by atoms with Crippen LogP contribution in [0, 0.1) is 11.3 Å². The number of hydrogen-bond donors (Lipinski definition) is 1. The van der Waals surface area contributed by atoms with Gasteiger partial charge < -0.3 is 14.6 Å². The third kappa shape index (κ3) is 4.68. The average molecular weight is 306 g/mol. The predicted octanol–water partition coefficient (Wildman–Crippen LogP) is 2.96. The molecule has 1 N–H and O–H groups in total. The Morgan fingerprint density at radius 3 is 2.59 bits per heavy atom. The third-order valence-corrected chi connectivity index (χ3v) is 3.90. The van der Waals surface area contributed by atoms with Crippen molar-refractivity contribution in [3.63, 3.8) is 0 Å². The minimum absolute atomic E-state index is 0.201. The molecule has 0 aromatic heterocycles. The van der Waals surface area contributed by atoms with Crippen LogP contribution >= 0.6 is 0 Å². The van der Waals surface area contributed by atoms with Gasteiger partial charge in [0.2, 0.25) is 0 Å². The van der Waals surface area contributed by atoms with Crippen molar-refractivity contribution < 1.29 is 19.4 Å². The molecule has 1 aromatic rings. The average Bonchev–Trinajstić information content (AvgIpc) is 2.54. The number of aliphatic hydroxyl groups excluding tert-OH is 1. The summed E-state index contributed by atoms with van der Waals surface area (Å²) in [4.78, 5) is 12.0. The minimum atomic E-state index is -1.01. The van der Waals surface area contributed by atoms with Crippen LogP contribution in [0.25, 0.3) is 0 Å². The largest absolute Gasteiger partial charge is 0.469 e. The lowest BCUT2D eigenvalue weighted by molar-refractivity contribution is -0.162. The second kappa shape index (κ2) is 8.71. The number of methoxy groups -OCH3 is 1. The van der Waals surface area contributed by atoms with E-state index < -0.39 is 17.5 Å². The van der Waals surface area contributed by atoms with Gasteiger partial charge in [0.25, 0.3) is 0 Å². The van der Waals surface area contributed by atoms with E-state index >= 15 is 0 Å². The summed E-state index contributed by atoms with van der Waals surface area (Å²) in [5.74, 6) is -0.637. The fourth-order valence-electron chi connectivity index (χ4n) is 2.51. The molecule has 4 heteroatoms. The fourth-order valence-corrected chi connectivity index (χ4v) is 2.51. The van der Waals surface area contributed by atoms with Gasteiger partial charge in [0.1, 0.15) is 0 Å². The highest BCUT2D eigenvalue weighted by molar-refractivity contribution is 5.77. The lowest BCUT2D eigenvalue weighted by Crippen LogP contribution is -2.45. The zero-order chi connectivity index (χ0) is 16.6. The van der Waals surface area contributed by atoms with Gasteiger partial charge in [-0.3, -0.25) is 4.79 Å². The fraction of sp³-hybridized carbons (Fsp3) is 0.500. The monoisotopic (exact) mass is 306 g/mol. The van der Waals surface area contributed by atoms with Crippen molar-refractivity contribution in [1.82, 2.24) is 0 Å². The molecule has 0 spiro atoms. The van der Waals surface area contributed by atoms with Gasteiger partial charge in [-0.05, 0) is 18.9 Å². The van der Waals surface area contributed by atoms with Crippen LogP contribution in [0.4, 0.5) is 0 Å².